The van der Waals surface area contributed by atoms with E-state index in [9.17, 15) is 4.79 Å². The monoisotopic (exact) mass is 373 g/mol. The number of aryl methyl sites for hydroxylation is 1. The quantitative estimate of drug-likeness (QED) is 0.555. The van der Waals surface area contributed by atoms with Gasteiger partial charge in [-0.2, -0.15) is 4.98 Å². The highest BCUT2D eigenvalue weighted by atomic mass is 16.5. The second-order valence-corrected chi connectivity index (χ2v) is 6.37. The molecular weight excluding hydrogens is 354 g/mol. The van der Waals surface area contributed by atoms with Crippen molar-refractivity contribution in [2.45, 2.75) is 13.5 Å². The minimum atomic E-state index is -0.169. The average molecular weight is 373 g/mol. The Bertz CT molecular complexity index is 1070. The molecule has 0 bridgehead atoms. The van der Waals surface area contributed by atoms with Gasteiger partial charge in [-0.3, -0.25) is 4.79 Å². The molecule has 0 aliphatic heterocycles. The van der Waals surface area contributed by atoms with E-state index in [1.54, 1.807) is 6.20 Å². The summed E-state index contributed by atoms with van der Waals surface area (Å²) in [5, 5.41) is 2.86. The molecule has 0 atom stereocenters. The molecule has 6 nitrogen and oxygen atoms in total. The fourth-order valence-corrected chi connectivity index (χ4v) is 2.77. The van der Waals surface area contributed by atoms with Crippen molar-refractivity contribution in [1.82, 2.24) is 15.3 Å². The zero-order valence-electron chi connectivity index (χ0n) is 15.4. The van der Waals surface area contributed by atoms with Crippen LogP contribution in [0.2, 0.25) is 0 Å². The summed E-state index contributed by atoms with van der Waals surface area (Å²) in [6.45, 7) is 2.35. The maximum absolute atomic E-state index is 12.0. The molecule has 4 aromatic rings. The third-order valence-corrected chi connectivity index (χ3v) is 4.31. The third kappa shape index (κ3) is 4.01. The van der Waals surface area contributed by atoms with E-state index in [0.29, 0.717) is 23.7 Å². The lowest BCUT2D eigenvalue weighted by Crippen LogP contribution is -2.28. The van der Waals surface area contributed by atoms with E-state index >= 15 is 0 Å². The Morgan fingerprint density at radius 1 is 1.07 bits per heavy atom. The summed E-state index contributed by atoms with van der Waals surface area (Å²) in [5.41, 5.74) is 4.07. The number of hydrogen-bond acceptors (Lipinski definition) is 5. The topological polar surface area (TPSA) is 77.2 Å². The molecule has 28 heavy (non-hydrogen) atoms. The summed E-state index contributed by atoms with van der Waals surface area (Å²) in [5.74, 6) is 1.07. The van der Waals surface area contributed by atoms with Crippen molar-refractivity contribution in [3.05, 3.63) is 78.0 Å². The number of benzene rings is 2. The number of oxazole rings is 1. The first kappa shape index (κ1) is 17.7. The Balaban J connectivity index is 1.33. The van der Waals surface area contributed by atoms with Gasteiger partial charge in [0.25, 0.3) is 5.91 Å². The zero-order chi connectivity index (χ0) is 19.3. The first-order valence-electron chi connectivity index (χ1n) is 8.95. The average Bonchev–Trinajstić information content (AvgIpc) is 3.16. The van der Waals surface area contributed by atoms with E-state index in [-0.39, 0.29) is 12.5 Å². The molecule has 0 unspecified atom stereocenters. The number of nitrogens with zero attached hydrogens (tertiary/aromatic N) is 2. The van der Waals surface area contributed by atoms with Crippen molar-refractivity contribution in [2.24, 2.45) is 0 Å². The molecule has 0 spiro atoms. The maximum atomic E-state index is 12.0. The van der Waals surface area contributed by atoms with Gasteiger partial charge in [0.1, 0.15) is 5.75 Å². The van der Waals surface area contributed by atoms with E-state index in [2.05, 4.69) is 15.3 Å². The molecule has 0 fully saturated rings. The number of amides is 1. The number of nitrogens with one attached hydrogen (secondary N) is 1. The molecule has 140 valence electrons. The highest BCUT2D eigenvalue weighted by molar-refractivity contribution is 5.77. The first-order chi connectivity index (χ1) is 13.7. The lowest BCUT2D eigenvalue weighted by atomic mass is 10.1. The summed E-state index contributed by atoms with van der Waals surface area (Å²) in [7, 11) is 0. The number of ether oxygens (including phenoxy) is 1. The summed E-state index contributed by atoms with van der Waals surface area (Å²) < 4.78 is 11.3. The Morgan fingerprint density at radius 3 is 2.68 bits per heavy atom. The Kier molecular flexibility index (Phi) is 5.01. The van der Waals surface area contributed by atoms with Gasteiger partial charge in [0, 0.05) is 18.3 Å². The summed E-state index contributed by atoms with van der Waals surface area (Å²) in [6.07, 6.45) is 1.68. The lowest BCUT2D eigenvalue weighted by molar-refractivity contribution is -0.123. The van der Waals surface area contributed by atoms with Gasteiger partial charge >= 0.3 is 0 Å². The molecule has 0 saturated heterocycles. The van der Waals surface area contributed by atoms with Crippen LogP contribution in [0.3, 0.4) is 0 Å². The summed E-state index contributed by atoms with van der Waals surface area (Å²) in [6, 6.07) is 18.9. The van der Waals surface area contributed by atoms with Crippen LogP contribution in [0.5, 0.6) is 5.75 Å². The van der Waals surface area contributed by atoms with Crippen LogP contribution in [0.25, 0.3) is 22.7 Å². The largest absolute Gasteiger partial charge is 0.484 e. The predicted molar refractivity (Wildman–Crippen MR) is 106 cm³/mol. The third-order valence-electron chi connectivity index (χ3n) is 4.31. The number of carbonyl (C=O) groups is 1. The van der Waals surface area contributed by atoms with Gasteiger partial charge in [-0.1, -0.05) is 30.3 Å². The van der Waals surface area contributed by atoms with Crippen molar-refractivity contribution in [3.8, 4) is 17.2 Å². The van der Waals surface area contributed by atoms with Crippen LogP contribution in [0, 0.1) is 6.92 Å². The SMILES string of the molecule is Cc1ccccc1OCC(=O)NCc1ccc(-c2nc3ncccc3o2)cc1. The Hall–Kier alpha value is -3.67. The number of pyridine rings is 1. The van der Waals surface area contributed by atoms with Crippen LogP contribution >= 0.6 is 0 Å². The van der Waals surface area contributed by atoms with Crippen molar-refractivity contribution in [2.75, 3.05) is 6.61 Å². The van der Waals surface area contributed by atoms with Crippen LogP contribution in [0.15, 0.2) is 71.3 Å². The van der Waals surface area contributed by atoms with E-state index in [1.165, 1.54) is 0 Å². The fraction of sp³-hybridized carbons (Fsp3) is 0.136. The molecule has 0 aliphatic rings. The zero-order valence-corrected chi connectivity index (χ0v) is 15.4. The van der Waals surface area contributed by atoms with Gasteiger partial charge in [-0.25, -0.2) is 4.98 Å². The van der Waals surface area contributed by atoms with Crippen molar-refractivity contribution < 1.29 is 13.9 Å². The molecule has 0 radical (unpaired) electrons. The number of fused-ring (bicyclic) bond motifs is 1. The number of hydrogen-bond donors (Lipinski definition) is 1. The minimum Gasteiger partial charge on any atom is -0.484 e. The Labute approximate surface area is 162 Å². The minimum absolute atomic E-state index is 0.0150. The Morgan fingerprint density at radius 2 is 1.89 bits per heavy atom. The van der Waals surface area contributed by atoms with E-state index in [0.717, 1.165) is 22.4 Å². The molecule has 2 heterocycles. The number of para-hydroxylation sites is 1. The van der Waals surface area contributed by atoms with E-state index in [4.69, 9.17) is 9.15 Å². The van der Waals surface area contributed by atoms with Crippen LogP contribution in [-0.4, -0.2) is 22.5 Å². The molecule has 2 aromatic heterocycles. The predicted octanol–water partition coefficient (Wildman–Crippen LogP) is 3.89. The maximum Gasteiger partial charge on any atom is 0.258 e. The first-order valence-corrected chi connectivity index (χ1v) is 8.95. The standard InChI is InChI=1S/C22H19N3O3/c1-15-5-2-3-6-18(15)27-14-20(26)24-13-16-8-10-17(11-9-16)22-25-21-19(28-22)7-4-12-23-21/h2-12H,13-14H2,1H3,(H,24,26). The number of aromatic nitrogens is 2. The summed E-state index contributed by atoms with van der Waals surface area (Å²) >= 11 is 0. The van der Waals surface area contributed by atoms with Gasteiger partial charge in [-0.15, -0.1) is 0 Å². The van der Waals surface area contributed by atoms with Gasteiger partial charge in [0.05, 0.1) is 0 Å². The highest BCUT2D eigenvalue weighted by Crippen LogP contribution is 2.23. The summed E-state index contributed by atoms with van der Waals surface area (Å²) in [4.78, 5) is 20.6. The van der Waals surface area contributed by atoms with Gasteiger partial charge < -0.3 is 14.5 Å². The molecule has 1 amide bonds. The van der Waals surface area contributed by atoms with Crippen LogP contribution in [0.4, 0.5) is 0 Å². The second kappa shape index (κ2) is 7.92. The normalized spacial score (nSPS) is 10.8. The molecule has 0 aliphatic carbocycles. The number of carbonyl (C=O) groups excluding carboxylic acids is 1. The van der Waals surface area contributed by atoms with E-state index < -0.39 is 0 Å². The molecular formula is C22H19N3O3. The molecule has 2 aromatic carbocycles. The molecule has 4 rings (SSSR count). The lowest BCUT2D eigenvalue weighted by Gasteiger charge is -2.09. The fourth-order valence-electron chi connectivity index (χ4n) is 2.77. The van der Waals surface area contributed by atoms with Gasteiger partial charge in [0.2, 0.25) is 5.89 Å². The van der Waals surface area contributed by atoms with Crippen molar-refractivity contribution in [3.63, 3.8) is 0 Å². The molecule has 6 heteroatoms. The molecule has 1 N–H and O–H groups in total. The van der Waals surface area contributed by atoms with Crippen molar-refractivity contribution in [1.29, 1.82) is 0 Å². The van der Waals surface area contributed by atoms with E-state index in [1.807, 2.05) is 67.6 Å². The number of rotatable bonds is 6. The van der Waals surface area contributed by atoms with Crippen LogP contribution < -0.4 is 10.1 Å². The highest BCUT2D eigenvalue weighted by Gasteiger charge is 2.09. The van der Waals surface area contributed by atoms with Gasteiger partial charge in [0.15, 0.2) is 17.8 Å². The second-order valence-electron chi connectivity index (χ2n) is 6.37. The van der Waals surface area contributed by atoms with Crippen LogP contribution in [0.1, 0.15) is 11.1 Å². The van der Waals surface area contributed by atoms with Crippen molar-refractivity contribution >= 4 is 17.1 Å². The smallest absolute Gasteiger partial charge is 0.258 e. The van der Waals surface area contributed by atoms with Gasteiger partial charge in [-0.05, 0) is 48.4 Å². The van der Waals surface area contributed by atoms with Crippen LogP contribution in [-0.2, 0) is 11.3 Å². The molecule has 0 saturated carbocycles.